The predicted molar refractivity (Wildman–Crippen MR) is 147 cm³/mol. The zero-order valence-electron chi connectivity index (χ0n) is 23.6. The van der Waals surface area contributed by atoms with Gasteiger partial charge in [0, 0.05) is 42.0 Å². The van der Waals surface area contributed by atoms with Gasteiger partial charge in [-0.05, 0) is 87.8 Å². The molecule has 38 heavy (non-hydrogen) atoms. The third-order valence-electron chi connectivity index (χ3n) is 13.0. The van der Waals surface area contributed by atoms with E-state index in [2.05, 4.69) is 17.0 Å². The molecule has 5 nitrogen and oxygen atoms in total. The maximum absolute atomic E-state index is 12.0. The highest BCUT2D eigenvalue weighted by atomic mass is 16.6. The fraction of sp³-hybridized carbons (Fsp3) is 0.818. The quantitative estimate of drug-likeness (QED) is 0.480. The first-order chi connectivity index (χ1) is 18.6. The minimum absolute atomic E-state index is 0.0248. The molecule has 9 rings (SSSR count). The standard InChI is InChI=1S/C33H47NO4/c1-36-26-13-11-23-18-27-31-14-15-33(37-2,24(19-31)25(35)12-10-21-6-4-3-5-7-21)30-32(31,28(23)29(26)38-30)16-17-34(27)20-22-8-9-22/h11,13,21-22,24-25,27,30,35H,3-10,12,14-20H2,1-2H3/t24-,25+,27-,30-,31-,32+,33-/m1/s1. The molecule has 2 aliphatic heterocycles. The van der Waals surface area contributed by atoms with E-state index < -0.39 is 5.60 Å². The second-order valence-corrected chi connectivity index (χ2v) is 14.3. The lowest BCUT2D eigenvalue weighted by molar-refractivity contribution is -0.290. The maximum Gasteiger partial charge on any atom is 0.165 e. The second-order valence-electron chi connectivity index (χ2n) is 14.3. The van der Waals surface area contributed by atoms with Crippen LogP contribution in [0.1, 0.15) is 94.6 Å². The second kappa shape index (κ2) is 8.60. The van der Waals surface area contributed by atoms with Crippen molar-refractivity contribution < 1.29 is 19.3 Å². The molecule has 1 aromatic carbocycles. The van der Waals surface area contributed by atoms with E-state index in [-0.39, 0.29) is 29.0 Å². The van der Waals surface area contributed by atoms with Crippen LogP contribution in [0.15, 0.2) is 12.1 Å². The summed E-state index contributed by atoms with van der Waals surface area (Å²) in [5.74, 6) is 3.69. The maximum atomic E-state index is 12.0. The van der Waals surface area contributed by atoms with Crippen molar-refractivity contribution in [3.05, 3.63) is 23.3 Å². The highest BCUT2D eigenvalue weighted by Crippen LogP contribution is 2.77. The Morgan fingerprint density at radius 1 is 1.05 bits per heavy atom. The van der Waals surface area contributed by atoms with E-state index in [4.69, 9.17) is 14.2 Å². The van der Waals surface area contributed by atoms with Crippen molar-refractivity contribution in [3.63, 3.8) is 0 Å². The first kappa shape index (κ1) is 24.5. The van der Waals surface area contributed by atoms with Gasteiger partial charge in [-0.1, -0.05) is 38.2 Å². The summed E-state index contributed by atoms with van der Waals surface area (Å²) in [6, 6.07) is 5.01. The van der Waals surface area contributed by atoms with Crippen LogP contribution in [0, 0.1) is 23.2 Å². The van der Waals surface area contributed by atoms with Gasteiger partial charge < -0.3 is 19.3 Å². The number of nitrogens with zero attached hydrogens (tertiary/aromatic N) is 1. The van der Waals surface area contributed by atoms with Crippen molar-refractivity contribution in [2.75, 3.05) is 27.3 Å². The van der Waals surface area contributed by atoms with E-state index in [9.17, 15) is 5.11 Å². The van der Waals surface area contributed by atoms with Crippen LogP contribution in [0.2, 0.25) is 0 Å². The van der Waals surface area contributed by atoms with Gasteiger partial charge in [-0.25, -0.2) is 0 Å². The summed E-state index contributed by atoms with van der Waals surface area (Å²) in [5, 5.41) is 12.0. The van der Waals surface area contributed by atoms with Crippen molar-refractivity contribution in [2.24, 2.45) is 23.2 Å². The number of piperidine rings is 1. The molecule has 5 saturated carbocycles. The number of rotatable bonds is 8. The average molecular weight is 522 g/mol. The van der Waals surface area contributed by atoms with Crippen molar-refractivity contribution in [1.82, 2.24) is 4.90 Å². The summed E-state index contributed by atoms with van der Waals surface area (Å²) in [6.07, 6.45) is 16.9. The van der Waals surface area contributed by atoms with E-state index in [1.54, 1.807) is 7.11 Å². The molecule has 1 aromatic rings. The Morgan fingerprint density at radius 3 is 2.66 bits per heavy atom. The molecule has 0 aromatic heterocycles. The van der Waals surface area contributed by atoms with Gasteiger partial charge in [0.05, 0.1) is 13.2 Å². The van der Waals surface area contributed by atoms with Crippen LogP contribution in [0.4, 0.5) is 0 Å². The highest BCUT2D eigenvalue weighted by molar-refractivity contribution is 5.63. The van der Waals surface area contributed by atoms with E-state index in [1.165, 1.54) is 69.0 Å². The number of fused-ring (bicyclic) bond motifs is 2. The summed E-state index contributed by atoms with van der Waals surface area (Å²) in [5.41, 5.74) is 2.62. The van der Waals surface area contributed by atoms with Gasteiger partial charge in [0.1, 0.15) is 11.7 Å². The summed E-state index contributed by atoms with van der Waals surface area (Å²) in [6.45, 7) is 2.42. The summed E-state index contributed by atoms with van der Waals surface area (Å²) < 4.78 is 19.7. The lowest BCUT2D eigenvalue weighted by Crippen LogP contribution is -2.81. The van der Waals surface area contributed by atoms with Crippen LogP contribution in [0.3, 0.4) is 0 Å². The van der Waals surface area contributed by atoms with Gasteiger partial charge in [-0.15, -0.1) is 0 Å². The fourth-order valence-corrected chi connectivity index (χ4v) is 11.1. The summed E-state index contributed by atoms with van der Waals surface area (Å²) in [7, 11) is 3.68. The first-order valence-electron chi connectivity index (χ1n) is 15.9. The molecule has 5 heteroatoms. The molecule has 7 atom stereocenters. The Kier molecular flexibility index (Phi) is 5.54. The molecule has 0 unspecified atom stereocenters. The average Bonchev–Trinajstić information content (AvgIpc) is 3.70. The molecule has 8 aliphatic rings. The number of aliphatic hydroxyl groups excluding tert-OH is 1. The van der Waals surface area contributed by atoms with Gasteiger partial charge in [0.25, 0.3) is 0 Å². The fourth-order valence-electron chi connectivity index (χ4n) is 11.1. The molecule has 1 saturated heterocycles. The normalized spacial score (nSPS) is 42.0. The van der Waals surface area contributed by atoms with Crippen LogP contribution >= 0.6 is 0 Å². The summed E-state index contributed by atoms with van der Waals surface area (Å²) >= 11 is 0. The van der Waals surface area contributed by atoms with Crippen LogP contribution in [0.5, 0.6) is 11.5 Å². The third-order valence-corrected chi connectivity index (χ3v) is 13.0. The van der Waals surface area contributed by atoms with Crippen molar-refractivity contribution in [1.29, 1.82) is 0 Å². The molecule has 6 fully saturated rings. The van der Waals surface area contributed by atoms with Gasteiger partial charge in [-0.3, -0.25) is 4.90 Å². The van der Waals surface area contributed by atoms with E-state index in [1.807, 2.05) is 7.11 Å². The van der Waals surface area contributed by atoms with Gasteiger partial charge in [0.15, 0.2) is 11.5 Å². The Hall–Kier alpha value is -1.30. The molecule has 1 N–H and O–H groups in total. The number of benzene rings is 1. The first-order valence-corrected chi connectivity index (χ1v) is 15.9. The molecule has 4 bridgehead atoms. The number of hydrogen-bond donors (Lipinski definition) is 1. The van der Waals surface area contributed by atoms with Crippen LogP contribution in [0.25, 0.3) is 0 Å². The molecule has 2 spiro atoms. The van der Waals surface area contributed by atoms with Crippen molar-refractivity contribution >= 4 is 0 Å². The zero-order chi connectivity index (χ0) is 25.7. The molecule has 0 radical (unpaired) electrons. The van der Waals surface area contributed by atoms with Gasteiger partial charge in [-0.2, -0.15) is 0 Å². The molecule has 6 aliphatic carbocycles. The van der Waals surface area contributed by atoms with Crippen molar-refractivity contribution in [2.45, 2.75) is 119 Å². The molecular formula is C33H47NO4. The smallest absolute Gasteiger partial charge is 0.165 e. The molecule has 2 heterocycles. The minimum atomic E-state index is -0.435. The Labute approximate surface area is 228 Å². The number of aliphatic hydroxyl groups is 1. The minimum Gasteiger partial charge on any atom is -0.493 e. The van der Waals surface area contributed by atoms with Gasteiger partial charge in [0.2, 0.25) is 0 Å². The molecule has 208 valence electrons. The Bertz CT molecular complexity index is 1100. The van der Waals surface area contributed by atoms with Crippen molar-refractivity contribution in [3.8, 4) is 11.5 Å². The molecule has 0 amide bonds. The van der Waals surface area contributed by atoms with E-state index >= 15 is 0 Å². The largest absolute Gasteiger partial charge is 0.493 e. The van der Waals surface area contributed by atoms with Crippen LogP contribution in [-0.2, 0) is 16.6 Å². The SMILES string of the molecule is COc1ccc2c3c1O[C@H]1[C@@]4(OC)CC[C@@]5(C[C@@H]4[C@@H](O)CCC4CCCCC4)[C@@H](C2)N(CC2CC2)CC[C@]315. The van der Waals surface area contributed by atoms with Crippen LogP contribution in [-0.4, -0.2) is 61.2 Å². The third kappa shape index (κ3) is 3.05. The zero-order valence-corrected chi connectivity index (χ0v) is 23.6. The number of methoxy groups -OCH3 is 2. The number of likely N-dealkylation sites (tertiary alicyclic amines) is 1. The van der Waals surface area contributed by atoms with E-state index in [0.717, 1.165) is 68.4 Å². The topological polar surface area (TPSA) is 51.2 Å². The lowest BCUT2D eigenvalue weighted by atomic mass is 9.34. The van der Waals surface area contributed by atoms with Gasteiger partial charge >= 0.3 is 0 Å². The number of hydrogen-bond acceptors (Lipinski definition) is 5. The Balaban J connectivity index is 1.22. The van der Waals surface area contributed by atoms with E-state index in [0.29, 0.717) is 6.04 Å². The predicted octanol–water partition coefficient (Wildman–Crippen LogP) is 5.64. The summed E-state index contributed by atoms with van der Waals surface area (Å²) in [4.78, 5) is 2.89. The van der Waals surface area contributed by atoms with Crippen LogP contribution < -0.4 is 9.47 Å². The highest BCUT2D eigenvalue weighted by Gasteiger charge is 2.81. The molecular weight excluding hydrogens is 474 g/mol. The number of ether oxygens (including phenoxy) is 3. The Morgan fingerprint density at radius 2 is 1.89 bits per heavy atom. The lowest BCUT2D eigenvalue weighted by Gasteiger charge is -2.74. The monoisotopic (exact) mass is 521 g/mol.